The maximum atomic E-state index is 13.1. The summed E-state index contributed by atoms with van der Waals surface area (Å²) in [6.07, 6.45) is 5.58. The molecular weight excluding hydrogens is 743 g/mol. The topological polar surface area (TPSA) is 276 Å². The molecule has 1 aromatic carbocycles. The number of carbonyl (C=O) groups is 4. The lowest BCUT2D eigenvalue weighted by Gasteiger charge is -2.35. The molecule has 1 saturated carbocycles. The van der Waals surface area contributed by atoms with E-state index >= 15 is 0 Å². The number of carboxylic acid groups (broad SMARTS) is 1. The Labute approximate surface area is 307 Å². The lowest BCUT2D eigenvalue weighted by atomic mass is 9.84. The maximum Gasteiger partial charge on any atom is 0.414 e. The van der Waals surface area contributed by atoms with Crippen molar-refractivity contribution in [2.24, 2.45) is 5.92 Å². The molecule has 1 aliphatic carbocycles. The fourth-order valence-corrected chi connectivity index (χ4v) is 7.94. The van der Waals surface area contributed by atoms with Gasteiger partial charge in [0.25, 0.3) is 20.0 Å². The van der Waals surface area contributed by atoms with E-state index in [9.17, 15) is 46.3 Å². The number of carboxylic acids is 1. The number of hydrogen-bond acceptors (Lipinski definition) is 14. The molecule has 21 heteroatoms. The van der Waals surface area contributed by atoms with Crippen molar-refractivity contribution in [1.29, 1.82) is 0 Å². The third-order valence-electron chi connectivity index (χ3n) is 8.70. The summed E-state index contributed by atoms with van der Waals surface area (Å²) in [7, 11) is -8.47. The quantitative estimate of drug-likeness (QED) is 0.0982. The van der Waals surface area contributed by atoms with Crippen LogP contribution in [0.4, 0.5) is 0 Å². The zero-order valence-electron chi connectivity index (χ0n) is 29.7. The molecule has 53 heavy (non-hydrogen) atoms. The number of sulfone groups is 1. The predicted molar refractivity (Wildman–Crippen MR) is 183 cm³/mol. The first-order valence-electron chi connectivity index (χ1n) is 17.2. The van der Waals surface area contributed by atoms with Crippen molar-refractivity contribution in [3.63, 3.8) is 0 Å². The van der Waals surface area contributed by atoms with E-state index in [1.54, 1.807) is 24.8 Å². The smallest absolute Gasteiger partial charge is 0.414 e. The van der Waals surface area contributed by atoms with Gasteiger partial charge in [-0.1, -0.05) is 44.4 Å². The van der Waals surface area contributed by atoms with Gasteiger partial charge in [0.05, 0.1) is 34.9 Å². The summed E-state index contributed by atoms with van der Waals surface area (Å²) in [5.74, 6) is -3.13. The van der Waals surface area contributed by atoms with E-state index in [0.29, 0.717) is 19.4 Å². The number of ether oxygens (including phenoxy) is 2. The number of aliphatic carboxylic acids is 1. The highest BCUT2D eigenvalue weighted by Crippen LogP contribution is 2.40. The van der Waals surface area contributed by atoms with Crippen LogP contribution in [0, 0.1) is 11.1 Å². The Morgan fingerprint density at radius 2 is 1.79 bits per heavy atom. The number of amides is 2. The number of likely N-dealkylation sites (tertiary alicyclic amines) is 1. The molecule has 4 rings (SSSR count). The molecular formula is C32H47N5O14S2. The van der Waals surface area contributed by atoms with Gasteiger partial charge in [0, 0.05) is 12.6 Å². The zero-order chi connectivity index (χ0) is 39.3. The van der Waals surface area contributed by atoms with E-state index in [-0.39, 0.29) is 53.2 Å². The van der Waals surface area contributed by atoms with Crippen LogP contribution in [0.1, 0.15) is 72.1 Å². The molecule has 2 fully saturated rings. The monoisotopic (exact) mass is 789 g/mol. The fraction of sp³-hybridized carbons (Fsp3) is 0.625. The number of benzene rings is 1. The van der Waals surface area contributed by atoms with E-state index in [4.69, 9.17) is 14.0 Å². The van der Waals surface area contributed by atoms with E-state index in [1.165, 1.54) is 24.3 Å². The number of esters is 1. The Hall–Kier alpha value is -4.34. The second-order valence-corrected chi connectivity index (χ2v) is 16.0. The van der Waals surface area contributed by atoms with Crippen LogP contribution in [-0.4, -0.2) is 110 Å². The third kappa shape index (κ3) is 12.1. The van der Waals surface area contributed by atoms with Crippen LogP contribution in [0.5, 0.6) is 5.88 Å². The first kappa shape index (κ1) is 43.1. The van der Waals surface area contributed by atoms with Gasteiger partial charge in [-0.05, 0) is 62.5 Å². The van der Waals surface area contributed by atoms with Gasteiger partial charge in [-0.3, -0.25) is 28.9 Å². The largest absolute Gasteiger partial charge is 0.480 e. The third-order valence-corrected chi connectivity index (χ3v) is 11.1. The van der Waals surface area contributed by atoms with Gasteiger partial charge in [0.15, 0.2) is 0 Å². The van der Waals surface area contributed by atoms with Crippen molar-refractivity contribution in [3.05, 3.63) is 35.5 Å². The Balaban J connectivity index is 0.000000286. The highest BCUT2D eigenvalue weighted by atomic mass is 32.2. The van der Waals surface area contributed by atoms with E-state index in [0.717, 1.165) is 32.1 Å². The van der Waals surface area contributed by atoms with Gasteiger partial charge < -0.3 is 30.0 Å². The van der Waals surface area contributed by atoms with Crippen LogP contribution < -0.4 is 20.3 Å². The molecule has 296 valence electrons. The number of rotatable bonds is 17. The van der Waals surface area contributed by atoms with Gasteiger partial charge in [-0.15, -0.1) is 0 Å². The van der Waals surface area contributed by atoms with E-state index in [2.05, 4.69) is 20.4 Å². The highest BCUT2D eigenvalue weighted by molar-refractivity contribution is 7.91. The van der Waals surface area contributed by atoms with Crippen LogP contribution in [0.3, 0.4) is 0 Å². The number of aromatic nitrogens is 2. The Bertz CT molecular complexity index is 1770. The fourth-order valence-electron chi connectivity index (χ4n) is 6.28. The molecule has 1 aliphatic heterocycles. The molecule has 1 saturated heterocycles. The van der Waals surface area contributed by atoms with Crippen molar-refractivity contribution >= 4 is 43.7 Å². The zero-order valence-corrected chi connectivity index (χ0v) is 31.3. The summed E-state index contributed by atoms with van der Waals surface area (Å²) in [4.78, 5) is 49.5. The van der Waals surface area contributed by atoms with E-state index < -0.39 is 66.6 Å². The van der Waals surface area contributed by atoms with Crippen LogP contribution in [0.25, 0.3) is 0 Å². The number of hydrogen-bond donors (Lipinski definition) is 4. The Kier molecular flexibility index (Phi) is 16.0. The maximum absolute atomic E-state index is 13.1. The molecule has 0 spiro atoms. The van der Waals surface area contributed by atoms with Crippen LogP contribution in [0.15, 0.2) is 44.9 Å². The van der Waals surface area contributed by atoms with Gasteiger partial charge in [-0.2, -0.15) is 8.42 Å². The Morgan fingerprint density at radius 3 is 2.42 bits per heavy atom. The molecule has 19 nitrogen and oxygen atoms in total. The molecule has 0 radical (unpaired) electrons. The molecule has 2 amide bonds. The van der Waals surface area contributed by atoms with Crippen molar-refractivity contribution in [3.8, 4) is 5.88 Å². The van der Waals surface area contributed by atoms with Crippen molar-refractivity contribution in [2.45, 2.75) is 106 Å². The minimum absolute atomic E-state index is 0.00817. The summed E-state index contributed by atoms with van der Waals surface area (Å²) < 4.78 is 69.0. The SMILES string of the molecule is CCC[C@H](N[C@@H](C)C(=O)N1[C@H](C(=O)O)C[C@@H]2CCCC[C@@H]21)C(=O)OCC.O=C(CCOc1no[n+]([O-])c1S(=O)(=O)c1ccccc1)NCCS(=O)(=O)O. The van der Waals surface area contributed by atoms with Gasteiger partial charge in [0.2, 0.25) is 11.8 Å². The first-order valence-corrected chi connectivity index (χ1v) is 20.3. The van der Waals surface area contributed by atoms with E-state index in [1.807, 2.05) is 6.92 Å². The van der Waals surface area contributed by atoms with Crippen molar-refractivity contribution in [2.75, 3.05) is 25.5 Å². The van der Waals surface area contributed by atoms with Crippen LogP contribution >= 0.6 is 0 Å². The molecule has 4 N–H and O–H groups in total. The molecule has 5 atom stereocenters. The van der Waals surface area contributed by atoms with Crippen molar-refractivity contribution < 1.29 is 64.7 Å². The van der Waals surface area contributed by atoms with Crippen molar-refractivity contribution in [1.82, 2.24) is 20.7 Å². The lowest BCUT2D eigenvalue weighted by molar-refractivity contribution is -0.832. The molecule has 2 heterocycles. The lowest BCUT2D eigenvalue weighted by Crippen LogP contribution is -2.55. The second-order valence-electron chi connectivity index (χ2n) is 12.5. The minimum atomic E-state index is -4.26. The summed E-state index contributed by atoms with van der Waals surface area (Å²) in [5.41, 5.74) is 0. The molecule has 2 aromatic rings. The number of fused-ring (bicyclic) bond motifs is 1. The summed E-state index contributed by atoms with van der Waals surface area (Å²) in [6, 6.07) is 5.14. The Morgan fingerprint density at radius 1 is 1.11 bits per heavy atom. The number of nitrogens with one attached hydrogen (secondary N) is 2. The van der Waals surface area contributed by atoms with Crippen LogP contribution in [-0.2, 0) is 43.9 Å². The van der Waals surface area contributed by atoms with Gasteiger partial charge in [0.1, 0.15) is 18.7 Å². The average molecular weight is 790 g/mol. The first-order chi connectivity index (χ1) is 25.0. The summed E-state index contributed by atoms with van der Waals surface area (Å²) in [5, 5.41) is 28.9. The normalized spacial score (nSPS) is 19.5. The molecule has 2 aliphatic rings. The molecule has 1 aromatic heterocycles. The number of carbonyl (C=O) groups excluding carboxylic acids is 3. The van der Waals surface area contributed by atoms with Gasteiger partial charge in [-0.25, -0.2) is 13.2 Å². The summed E-state index contributed by atoms with van der Waals surface area (Å²) >= 11 is 0. The predicted octanol–water partition coefficient (Wildman–Crippen LogP) is 0.854. The summed E-state index contributed by atoms with van der Waals surface area (Å²) in [6.45, 7) is 5.05. The molecule has 0 unspecified atom stereocenters. The van der Waals surface area contributed by atoms with Gasteiger partial charge >= 0.3 is 22.8 Å². The average Bonchev–Trinajstić information content (AvgIpc) is 3.69. The second kappa shape index (κ2) is 19.7. The molecule has 0 bridgehead atoms. The highest BCUT2D eigenvalue weighted by Gasteiger charge is 2.48. The number of nitrogens with zero attached hydrogens (tertiary/aromatic N) is 3. The van der Waals surface area contributed by atoms with Crippen LogP contribution in [0.2, 0.25) is 0 Å². The standard InChI is InChI=1S/C19H32N2O5.C13H15N3O9S2/c1-4-8-14(19(25)26-5-2)20-12(3)17(22)21-15-10-7-6-9-13(15)11-16(21)18(23)24;17-11(14-7-9-26(19,20)21)6-8-24-12-13(16(18)25-15-12)27(22,23)10-4-2-1-3-5-10/h12-16,20H,4-11H2,1-3H3,(H,23,24);1-5H,6-9H2,(H,14,17)(H,19,20,21)/t12-,13-,14-,15-,16-;/m0./s1. The minimum Gasteiger partial charge on any atom is -0.480 e.